The van der Waals surface area contributed by atoms with Crippen molar-refractivity contribution in [2.75, 3.05) is 25.5 Å². The highest BCUT2D eigenvalue weighted by molar-refractivity contribution is 5.98. The molecule has 2 N–H and O–H groups in total. The van der Waals surface area contributed by atoms with E-state index in [0.717, 1.165) is 22.8 Å². The van der Waals surface area contributed by atoms with Crippen LogP contribution in [-0.2, 0) is 9.53 Å². The lowest BCUT2D eigenvalue weighted by atomic mass is 9.95. The molecule has 0 unspecified atom stereocenters. The van der Waals surface area contributed by atoms with Crippen LogP contribution in [0.3, 0.4) is 0 Å². The predicted octanol–water partition coefficient (Wildman–Crippen LogP) is 1.42. The van der Waals surface area contributed by atoms with Crippen molar-refractivity contribution >= 4 is 11.6 Å². The molecule has 3 rings (SSSR count). The molecule has 0 radical (unpaired) electrons. The molecule has 6 heteroatoms. The number of hydrogen-bond acceptors (Lipinski definition) is 4. The molecule has 1 fully saturated rings. The Morgan fingerprint density at radius 1 is 1.32 bits per heavy atom. The molecule has 0 atom stereocenters. The third-order valence-corrected chi connectivity index (χ3v) is 4.28. The molecule has 1 saturated heterocycles. The number of benzene rings is 1. The van der Waals surface area contributed by atoms with Gasteiger partial charge in [0.25, 0.3) is 5.91 Å². The summed E-state index contributed by atoms with van der Waals surface area (Å²) in [6, 6.07) is 7.69. The van der Waals surface area contributed by atoms with Gasteiger partial charge >= 0.3 is 0 Å². The summed E-state index contributed by atoms with van der Waals surface area (Å²) >= 11 is 0. The number of nitrogens with zero attached hydrogens (tertiary/aromatic N) is 2. The molecule has 0 aliphatic carbocycles. The van der Waals surface area contributed by atoms with E-state index in [0.29, 0.717) is 13.1 Å². The van der Waals surface area contributed by atoms with Crippen LogP contribution in [0.15, 0.2) is 30.6 Å². The lowest BCUT2D eigenvalue weighted by Crippen LogP contribution is -2.66. The first-order valence-corrected chi connectivity index (χ1v) is 7.24. The van der Waals surface area contributed by atoms with Crippen molar-refractivity contribution in [3.8, 4) is 5.69 Å². The zero-order valence-corrected chi connectivity index (χ0v) is 13.0. The maximum atomic E-state index is 12.3. The number of amides is 1. The number of nitrogens with one attached hydrogen (secondary N) is 2. The average molecular weight is 300 g/mol. The van der Waals surface area contributed by atoms with Gasteiger partial charge in [0.2, 0.25) is 0 Å². The molecule has 0 saturated carbocycles. The number of imidazole rings is 1. The molecule has 0 bridgehead atoms. The molecule has 0 spiro atoms. The number of aromatic nitrogens is 2. The Morgan fingerprint density at radius 3 is 2.45 bits per heavy atom. The number of ether oxygens (including phenoxy) is 1. The summed E-state index contributed by atoms with van der Waals surface area (Å²) in [4.78, 5) is 16.6. The van der Waals surface area contributed by atoms with Gasteiger partial charge in [0, 0.05) is 37.3 Å². The molecule has 2 aromatic rings. The molecule has 6 nitrogen and oxygen atoms in total. The van der Waals surface area contributed by atoms with E-state index < -0.39 is 5.60 Å². The Kier molecular flexibility index (Phi) is 3.72. The Bertz CT molecular complexity index is 681. The van der Waals surface area contributed by atoms with E-state index in [-0.39, 0.29) is 5.91 Å². The highest BCUT2D eigenvalue weighted by atomic mass is 16.5. The van der Waals surface area contributed by atoms with Gasteiger partial charge < -0.3 is 19.9 Å². The number of carbonyl (C=O) groups excluding carboxylic acids is 1. The van der Waals surface area contributed by atoms with Crippen LogP contribution < -0.4 is 10.6 Å². The lowest BCUT2D eigenvalue weighted by molar-refractivity contribution is -0.143. The van der Waals surface area contributed by atoms with Crippen LogP contribution in [0.5, 0.6) is 0 Å². The Balaban J connectivity index is 1.75. The largest absolute Gasteiger partial charge is 0.366 e. The molecule has 1 aliphatic rings. The van der Waals surface area contributed by atoms with Gasteiger partial charge in [0.1, 0.15) is 0 Å². The second-order valence-electron chi connectivity index (χ2n) is 5.59. The van der Waals surface area contributed by atoms with Crippen molar-refractivity contribution < 1.29 is 9.53 Å². The normalized spacial score (nSPS) is 16.1. The fourth-order valence-electron chi connectivity index (χ4n) is 2.46. The first-order chi connectivity index (χ1) is 10.6. The number of anilines is 1. The second kappa shape index (κ2) is 5.55. The fraction of sp³-hybridized carbons (Fsp3) is 0.375. The van der Waals surface area contributed by atoms with Crippen molar-refractivity contribution in [2.45, 2.75) is 19.4 Å². The van der Waals surface area contributed by atoms with E-state index in [4.69, 9.17) is 4.74 Å². The summed E-state index contributed by atoms with van der Waals surface area (Å²) in [6.45, 7) is 5.10. The van der Waals surface area contributed by atoms with Gasteiger partial charge in [-0.2, -0.15) is 0 Å². The third-order valence-electron chi connectivity index (χ3n) is 4.28. The van der Waals surface area contributed by atoms with Crippen molar-refractivity contribution in [1.29, 1.82) is 0 Å². The van der Waals surface area contributed by atoms with Gasteiger partial charge in [-0.25, -0.2) is 4.98 Å². The zero-order valence-electron chi connectivity index (χ0n) is 13.0. The summed E-state index contributed by atoms with van der Waals surface area (Å²) in [7, 11) is 1.56. The van der Waals surface area contributed by atoms with Crippen molar-refractivity contribution in [1.82, 2.24) is 14.9 Å². The number of hydrogen-bond donors (Lipinski definition) is 2. The Morgan fingerprint density at radius 2 is 2.00 bits per heavy atom. The molecule has 1 aliphatic heterocycles. The maximum Gasteiger partial charge on any atom is 0.259 e. The van der Waals surface area contributed by atoms with E-state index in [1.54, 1.807) is 13.4 Å². The summed E-state index contributed by atoms with van der Waals surface area (Å²) in [6.07, 6.45) is 1.80. The maximum absolute atomic E-state index is 12.3. The minimum Gasteiger partial charge on any atom is -0.366 e. The number of aryl methyl sites for hydroxylation is 1. The third kappa shape index (κ3) is 2.40. The Hall–Kier alpha value is -2.18. The van der Waals surface area contributed by atoms with E-state index in [1.165, 1.54) is 0 Å². The van der Waals surface area contributed by atoms with Gasteiger partial charge in [-0.05, 0) is 38.1 Å². The summed E-state index contributed by atoms with van der Waals surface area (Å²) in [5.74, 6) is -0.115. The number of carbonyl (C=O) groups is 1. The predicted molar refractivity (Wildman–Crippen MR) is 84.3 cm³/mol. The summed E-state index contributed by atoms with van der Waals surface area (Å²) in [5, 5.41) is 5.97. The van der Waals surface area contributed by atoms with Crippen molar-refractivity contribution in [3.05, 3.63) is 42.0 Å². The Labute approximate surface area is 129 Å². The highest BCUT2D eigenvalue weighted by Gasteiger charge is 2.44. The van der Waals surface area contributed by atoms with Gasteiger partial charge in [-0.3, -0.25) is 4.79 Å². The summed E-state index contributed by atoms with van der Waals surface area (Å²) < 4.78 is 7.35. The average Bonchev–Trinajstić information content (AvgIpc) is 2.79. The quantitative estimate of drug-likeness (QED) is 0.896. The minimum absolute atomic E-state index is 0.115. The topological polar surface area (TPSA) is 68.2 Å². The van der Waals surface area contributed by atoms with E-state index in [9.17, 15) is 4.79 Å². The number of methoxy groups -OCH3 is 1. The van der Waals surface area contributed by atoms with Crippen LogP contribution in [0.2, 0.25) is 0 Å². The zero-order chi connectivity index (χ0) is 15.7. The van der Waals surface area contributed by atoms with Gasteiger partial charge in [-0.1, -0.05) is 0 Å². The van der Waals surface area contributed by atoms with Crippen molar-refractivity contribution in [2.24, 2.45) is 0 Å². The van der Waals surface area contributed by atoms with Gasteiger partial charge in [-0.15, -0.1) is 0 Å². The minimum atomic E-state index is -0.739. The van der Waals surface area contributed by atoms with Crippen LogP contribution in [-0.4, -0.2) is 41.3 Å². The van der Waals surface area contributed by atoms with Gasteiger partial charge in [0.15, 0.2) is 5.60 Å². The van der Waals surface area contributed by atoms with Crippen LogP contribution >= 0.6 is 0 Å². The van der Waals surface area contributed by atoms with Crippen LogP contribution in [0.4, 0.5) is 5.69 Å². The van der Waals surface area contributed by atoms with E-state index in [1.807, 2.05) is 42.7 Å². The molecule has 22 heavy (non-hydrogen) atoms. The van der Waals surface area contributed by atoms with Gasteiger partial charge in [0.05, 0.1) is 12.0 Å². The highest BCUT2D eigenvalue weighted by Crippen LogP contribution is 2.20. The molecule has 2 heterocycles. The molecule has 1 aromatic carbocycles. The summed E-state index contributed by atoms with van der Waals surface area (Å²) in [5.41, 5.74) is 3.15. The molecular weight excluding hydrogens is 280 g/mol. The van der Waals surface area contributed by atoms with E-state index in [2.05, 4.69) is 15.6 Å². The molecule has 1 aromatic heterocycles. The molecular formula is C16H20N4O2. The standard InChI is InChI=1S/C16H20N4O2/c1-11-12(2)20(10-18-11)14-6-4-13(5-7-14)19-15(21)16(22-3)8-17-9-16/h4-7,10,17H,8-9H2,1-3H3,(H,19,21). The van der Waals surface area contributed by atoms with Crippen LogP contribution in [0.1, 0.15) is 11.4 Å². The van der Waals surface area contributed by atoms with Crippen molar-refractivity contribution in [3.63, 3.8) is 0 Å². The SMILES string of the molecule is COC1(C(=O)Nc2ccc(-n3cnc(C)c3C)cc2)CNC1. The monoisotopic (exact) mass is 300 g/mol. The lowest BCUT2D eigenvalue weighted by Gasteiger charge is -2.39. The molecule has 116 valence electrons. The first kappa shape index (κ1) is 14.7. The molecule has 1 amide bonds. The first-order valence-electron chi connectivity index (χ1n) is 7.24. The van der Waals surface area contributed by atoms with Crippen LogP contribution in [0.25, 0.3) is 5.69 Å². The number of rotatable bonds is 4. The second-order valence-corrected chi connectivity index (χ2v) is 5.59. The van der Waals surface area contributed by atoms with E-state index >= 15 is 0 Å². The fourth-order valence-corrected chi connectivity index (χ4v) is 2.46. The smallest absolute Gasteiger partial charge is 0.259 e. The van der Waals surface area contributed by atoms with Crippen LogP contribution in [0, 0.1) is 13.8 Å².